The number of nitrogens with one attached hydrogen (secondary N) is 1. The molecule has 7 heteroatoms. The fourth-order valence-electron chi connectivity index (χ4n) is 1.84. The summed E-state index contributed by atoms with van der Waals surface area (Å²) in [6.45, 7) is 0.875. The minimum absolute atomic E-state index is 0.0156. The van der Waals surface area contributed by atoms with Gasteiger partial charge in [-0.05, 0) is 25.7 Å². The molecule has 0 saturated heterocycles. The maximum atomic E-state index is 11.9. The Kier molecular flexibility index (Phi) is 13.0. The maximum Gasteiger partial charge on any atom is 0.441 e. The molecule has 1 amide bonds. The Morgan fingerprint density at radius 3 is 2.24 bits per heavy atom. The van der Waals surface area contributed by atoms with Gasteiger partial charge >= 0.3 is 5.51 Å². The second-order valence-corrected chi connectivity index (χ2v) is 6.11. The molecular weight excluding hydrogens is 303 g/mol. The van der Waals surface area contributed by atoms with Crippen molar-refractivity contribution in [2.24, 2.45) is 0 Å². The average molecular weight is 329 g/mol. The van der Waals surface area contributed by atoms with Gasteiger partial charge in [-0.2, -0.15) is 13.2 Å². The van der Waals surface area contributed by atoms with Crippen molar-refractivity contribution in [2.45, 2.75) is 63.3 Å². The normalized spacial score (nSPS) is 11.6. The van der Waals surface area contributed by atoms with E-state index in [1.165, 1.54) is 0 Å². The molecule has 0 rings (SSSR count). The lowest BCUT2D eigenvalue weighted by atomic mass is 10.1. The summed E-state index contributed by atoms with van der Waals surface area (Å²) < 4.78 is 35.6. The molecule has 0 fully saturated rings. The first-order valence-electron chi connectivity index (χ1n) is 7.54. The van der Waals surface area contributed by atoms with Crippen molar-refractivity contribution in [3.05, 3.63) is 0 Å². The van der Waals surface area contributed by atoms with Gasteiger partial charge in [0.15, 0.2) is 0 Å². The van der Waals surface area contributed by atoms with E-state index in [1.54, 1.807) is 0 Å². The van der Waals surface area contributed by atoms with Crippen LogP contribution in [0.1, 0.15) is 57.8 Å². The van der Waals surface area contributed by atoms with Crippen LogP contribution in [-0.2, 0) is 4.79 Å². The predicted octanol–water partition coefficient (Wildman–Crippen LogP) is 3.86. The molecule has 0 atom stereocenters. The molecule has 0 heterocycles. The van der Waals surface area contributed by atoms with Gasteiger partial charge in [0, 0.05) is 25.3 Å². The number of amides is 1. The van der Waals surface area contributed by atoms with Gasteiger partial charge in [0.05, 0.1) is 0 Å². The van der Waals surface area contributed by atoms with Crippen LogP contribution in [0, 0.1) is 0 Å². The highest BCUT2D eigenvalue weighted by atomic mass is 32.2. The van der Waals surface area contributed by atoms with Gasteiger partial charge in [-0.1, -0.05) is 37.4 Å². The van der Waals surface area contributed by atoms with Crippen molar-refractivity contribution in [3.8, 4) is 0 Å². The minimum Gasteiger partial charge on any atom is -0.396 e. The van der Waals surface area contributed by atoms with E-state index in [9.17, 15) is 18.0 Å². The molecule has 126 valence electrons. The van der Waals surface area contributed by atoms with Crippen molar-refractivity contribution in [1.82, 2.24) is 5.32 Å². The molecule has 0 spiro atoms. The van der Waals surface area contributed by atoms with Gasteiger partial charge in [0.2, 0.25) is 5.91 Å². The summed E-state index contributed by atoms with van der Waals surface area (Å²) in [7, 11) is 0. The Labute approximate surface area is 129 Å². The molecule has 2 N–H and O–H groups in total. The van der Waals surface area contributed by atoms with E-state index in [1.807, 2.05) is 0 Å². The van der Waals surface area contributed by atoms with Crippen LogP contribution in [0.25, 0.3) is 0 Å². The molecule has 0 radical (unpaired) electrons. The number of halogens is 3. The molecule has 0 aliphatic carbocycles. The average Bonchev–Trinajstić information content (AvgIpc) is 2.40. The standard InChI is InChI=1S/C14H26F3NO2S/c15-14(16,17)21-12-8-4-1-5-9-13(20)18-10-6-2-3-7-11-19/h19H,1-12H2,(H,18,20). The lowest BCUT2D eigenvalue weighted by Gasteiger charge is -2.06. The van der Waals surface area contributed by atoms with Gasteiger partial charge in [-0.3, -0.25) is 4.79 Å². The SMILES string of the molecule is O=C(CCCCCCSC(F)(F)F)NCCCCCCO. The first-order valence-corrected chi connectivity index (χ1v) is 8.52. The van der Waals surface area contributed by atoms with E-state index < -0.39 is 5.51 Å². The highest BCUT2D eigenvalue weighted by Crippen LogP contribution is 2.30. The van der Waals surface area contributed by atoms with E-state index >= 15 is 0 Å². The summed E-state index contributed by atoms with van der Waals surface area (Å²) in [5.74, 6) is 0.116. The van der Waals surface area contributed by atoms with Crippen molar-refractivity contribution >= 4 is 17.7 Å². The van der Waals surface area contributed by atoms with E-state index in [2.05, 4.69) is 5.32 Å². The molecule has 0 aliphatic rings. The van der Waals surface area contributed by atoms with Crippen LogP contribution in [0.4, 0.5) is 13.2 Å². The molecule has 0 saturated carbocycles. The van der Waals surface area contributed by atoms with Crippen LogP contribution in [0.3, 0.4) is 0 Å². The molecular formula is C14H26F3NO2S. The van der Waals surface area contributed by atoms with Crippen molar-refractivity contribution in [3.63, 3.8) is 0 Å². The highest BCUT2D eigenvalue weighted by Gasteiger charge is 2.27. The number of thioether (sulfide) groups is 1. The van der Waals surface area contributed by atoms with Crippen LogP contribution in [0.15, 0.2) is 0 Å². The van der Waals surface area contributed by atoms with Crippen LogP contribution >= 0.6 is 11.8 Å². The number of aliphatic hydroxyl groups is 1. The summed E-state index contributed by atoms with van der Waals surface area (Å²) in [6, 6.07) is 0. The van der Waals surface area contributed by atoms with Crippen LogP contribution in [-0.4, -0.2) is 35.4 Å². The number of rotatable bonds is 13. The third-order valence-corrected chi connectivity index (χ3v) is 3.79. The fraction of sp³-hybridized carbons (Fsp3) is 0.929. The van der Waals surface area contributed by atoms with Gasteiger partial charge in [0.1, 0.15) is 0 Å². The molecule has 3 nitrogen and oxygen atoms in total. The van der Waals surface area contributed by atoms with Gasteiger partial charge in [0.25, 0.3) is 0 Å². The molecule has 0 aromatic heterocycles. The molecule has 21 heavy (non-hydrogen) atoms. The lowest BCUT2D eigenvalue weighted by Crippen LogP contribution is -2.23. The quantitative estimate of drug-likeness (QED) is 0.505. The maximum absolute atomic E-state index is 11.9. The summed E-state index contributed by atoms with van der Waals surface area (Å²) in [4.78, 5) is 11.4. The second-order valence-electron chi connectivity index (χ2n) is 4.95. The first-order chi connectivity index (χ1) is 9.95. The zero-order valence-corrected chi connectivity index (χ0v) is 13.2. The van der Waals surface area contributed by atoms with E-state index in [0.717, 1.165) is 44.9 Å². The summed E-state index contributed by atoms with van der Waals surface area (Å²) in [6.07, 6.45) is 6.94. The van der Waals surface area contributed by atoms with E-state index in [0.29, 0.717) is 19.4 Å². The van der Waals surface area contributed by atoms with E-state index in [4.69, 9.17) is 5.11 Å². The Bertz CT molecular complexity index is 263. The Hall–Kier alpha value is -0.430. The van der Waals surface area contributed by atoms with Crippen molar-refractivity contribution in [2.75, 3.05) is 18.9 Å². The number of hydrogen-bond acceptors (Lipinski definition) is 3. The predicted molar refractivity (Wildman–Crippen MR) is 80.2 cm³/mol. The van der Waals surface area contributed by atoms with Gasteiger partial charge in [-0.25, -0.2) is 0 Å². The summed E-state index contributed by atoms with van der Waals surface area (Å²) >= 11 is 0.0221. The zero-order chi connectivity index (χ0) is 16.0. The number of carbonyl (C=O) groups is 1. The number of unbranched alkanes of at least 4 members (excludes halogenated alkanes) is 6. The Morgan fingerprint density at radius 1 is 0.952 bits per heavy atom. The lowest BCUT2D eigenvalue weighted by molar-refractivity contribution is -0.121. The highest BCUT2D eigenvalue weighted by molar-refractivity contribution is 8.00. The minimum atomic E-state index is -4.13. The molecule has 0 aliphatic heterocycles. The first kappa shape index (κ1) is 20.6. The fourth-order valence-corrected chi connectivity index (χ4v) is 2.42. The van der Waals surface area contributed by atoms with Gasteiger partial charge in [-0.15, -0.1) is 0 Å². The molecule has 0 bridgehead atoms. The van der Waals surface area contributed by atoms with Crippen LogP contribution in [0.2, 0.25) is 0 Å². The smallest absolute Gasteiger partial charge is 0.396 e. The number of carbonyl (C=O) groups excluding carboxylic acids is 1. The largest absolute Gasteiger partial charge is 0.441 e. The number of aliphatic hydroxyl groups excluding tert-OH is 1. The Balaban J connectivity index is 3.23. The second kappa shape index (κ2) is 13.2. The monoisotopic (exact) mass is 329 g/mol. The Morgan fingerprint density at radius 2 is 1.57 bits per heavy atom. The van der Waals surface area contributed by atoms with Crippen LogP contribution < -0.4 is 5.32 Å². The summed E-state index contributed by atoms with van der Waals surface area (Å²) in [5, 5.41) is 11.4. The number of hydrogen-bond donors (Lipinski definition) is 2. The molecule has 0 aromatic carbocycles. The van der Waals surface area contributed by atoms with Crippen molar-refractivity contribution < 1.29 is 23.1 Å². The zero-order valence-electron chi connectivity index (χ0n) is 12.4. The van der Waals surface area contributed by atoms with Crippen LogP contribution in [0.5, 0.6) is 0 Å². The molecule has 0 unspecified atom stereocenters. The van der Waals surface area contributed by atoms with Crippen molar-refractivity contribution in [1.29, 1.82) is 0 Å². The molecule has 0 aromatic rings. The van der Waals surface area contributed by atoms with Gasteiger partial charge < -0.3 is 10.4 Å². The number of alkyl halides is 3. The third-order valence-electron chi connectivity index (χ3n) is 2.97. The topological polar surface area (TPSA) is 49.3 Å². The van der Waals surface area contributed by atoms with E-state index in [-0.39, 0.29) is 30.0 Å². The summed E-state index contributed by atoms with van der Waals surface area (Å²) in [5.41, 5.74) is -4.13. The third kappa shape index (κ3) is 17.5.